The molecule has 3 fully saturated rings. The Morgan fingerprint density at radius 1 is 1.41 bits per heavy atom. The summed E-state index contributed by atoms with van der Waals surface area (Å²) in [6, 6.07) is 0. The van der Waals surface area contributed by atoms with Crippen molar-refractivity contribution in [3.63, 3.8) is 0 Å². The maximum absolute atomic E-state index is 11.8. The number of hydrogen-bond acceptors (Lipinski definition) is 2. The molecule has 0 spiro atoms. The quantitative estimate of drug-likeness (QED) is 0.541. The largest absolute Gasteiger partial charge is 0.458 e. The van der Waals surface area contributed by atoms with Gasteiger partial charge in [-0.2, -0.15) is 0 Å². The summed E-state index contributed by atoms with van der Waals surface area (Å²) in [5, 5.41) is 0. The summed E-state index contributed by atoms with van der Waals surface area (Å²) in [4.78, 5) is 11.8. The van der Waals surface area contributed by atoms with E-state index in [4.69, 9.17) is 4.74 Å². The lowest BCUT2D eigenvalue weighted by molar-refractivity contribution is -0.165. The van der Waals surface area contributed by atoms with Gasteiger partial charge in [0.05, 0.1) is 6.42 Å². The fourth-order valence-electron chi connectivity index (χ4n) is 5.28. The second-order valence-corrected chi connectivity index (χ2v) is 6.87. The first-order chi connectivity index (χ1) is 7.89. The van der Waals surface area contributed by atoms with Gasteiger partial charge in [-0.05, 0) is 24.2 Å². The topological polar surface area (TPSA) is 26.3 Å². The third-order valence-corrected chi connectivity index (χ3v) is 6.45. The fraction of sp³-hybridized carbons (Fsp3) is 0.800. The number of carbonyl (C=O) groups excluding carboxylic acids is 1. The van der Waals surface area contributed by atoms with E-state index in [1.807, 2.05) is 6.08 Å². The molecule has 17 heavy (non-hydrogen) atoms. The smallest absolute Gasteiger partial charge is 0.306 e. The molecule has 0 N–H and O–H groups in total. The van der Waals surface area contributed by atoms with Gasteiger partial charge in [-0.3, -0.25) is 4.79 Å². The molecule has 1 aliphatic heterocycles. The number of ether oxygens (including phenoxy) is 1. The number of rotatable bonds is 2. The maximum Gasteiger partial charge on any atom is 0.306 e. The maximum atomic E-state index is 11.8. The Morgan fingerprint density at radius 3 is 2.76 bits per heavy atom. The molecule has 3 rings (SSSR count). The van der Waals surface area contributed by atoms with E-state index >= 15 is 0 Å². The number of hydrogen-bond donors (Lipinski definition) is 0. The van der Waals surface area contributed by atoms with Crippen molar-refractivity contribution in [1.29, 1.82) is 0 Å². The summed E-state index contributed by atoms with van der Waals surface area (Å²) in [5.41, 5.74) is 0.148. The minimum Gasteiger partial charge on any atom is -0.458 e. The van der Waals surface area contributed by atoms with Crippen molar-refractivity contribution in [3.8, 4) is 0 Å². The highest BCUT2D eigenvalue weighted by atomic mass is 16.6. The Morgan fingerprint density at radius 2 is 2.12 bits per heavy atom. The van der Waals surface area contributed by atoms with Crippen LogP contribution in [0.15, 0.2) is 12.7 Å². The molecule has 0 aromatic heterocycles. The van der Waals surface area contributed by atoms with E-state index in [0.29, 0.717) is 18.3 Å². The van der Waals surface area contributed by atoms with E-state index in [2.05, 4.69) is 27.4 Å². The summed E-state index contributed by atoms with van der Waals surface area (Å²) in [7, 11) is 0. The van der Waals surface area contributed by atoms with Crippen LogP contribution in [0.2, 0.25) is 0 Å². The second-order valence-electron chi connectivity index (χ2n) is 6.87. The van der Waals surface area contributed by atoms with Crippen molar-refractivity contribution in [1.82, 2.24) is 0 Å². The lowest BCUT2D eigenvalue weighted by Gasteiger charge is -2.46. The summed E-state index contributed by atoms with van der Waals surface area (Å²) in [6.07, 6.45) is 5.82. The highest BCUT2D eigenvalue weighted by Crippen LogP contribution is 2.76. The molecule has 4 atom stereocenters. The Bertz CT molecular complexity index is 398. The van der Waals surface area contributed by atoms with Gasteiger partial charge in [0.2, 0.25) is 0 Å². The predicted molar refractivity (Wildman–Crippen MR) is 66.4 cm³/mol. The Balaban J connectivity index is 2.15. The first-order valence-electron chi connectivity index (χ1n) is 6.72. The van der Waals surface area contributed by atoms with Crippen molar-refractivity contribution in [2.45, 2.75) is 52.1 Å². The summed E-state index contributed by atoms with van der Waals surface area (Å²) >= 11 is 0. The van der Waals surface area contributed by atoms with Gasteiger partial charge in [-0.25, -0.2) is 0 Å². The Kier molecular flexibility index (Phi) is 1.97. The molecule has 0 aromatic rings. The van der Waals surface area contributed by atoms with Gasteiger partial charge >= 0.3 is 5.97 Å². The van der Waals surface area contributed by atoms with Crippen molar-refractivity contribution >= 4 is 5.97 Å². The Labute approximate surface area is 103 Å². The molecule has 0 amide bonds. The van der Waals surface area contributed by atoms with Crippen LogP contribution >= 0.6 is 0 Å². The van der Waals surface area contributed by atoms with E-state index in [9.17, 15) is 4.79 Å². The second kappa shape index (κ2) is 2.96. The number of esters is 1. The van der Waals surface area contributed by atoms with E-state index < -0.39 is 0 Å². The molecule has 1 saturated heterocycles. The van der Waals surface area contributed by atoms with E-state index in [0.717, 1.165) is 6.42 Å². The minimum atomic E-state index is -0.252. The van der Waals surface area contributed by atoms with Gasteiger partial charge in [0.1, 0.15) is 5.60 Å². The lowest BCUT2D eigenvalue weighted by atomic mass is 9.62. The van der Waals surface area contributed by atoms with Crippen LogP contribution in [0.3, 0.4) is 0 Å². The van der Waals surface area contributed by atoms with Crippen LogP contribution < -0.4 is 0 Å². The molecule has 0 unspecified atom stereocenters. The summed E-state index contributed by atoms with van der Waals surface area (Å²) in [6.45, 7) is 10.9. The van der Waals surface area contributed by atoms with Gasteiger partial charge in [0, 0.05) is 17.8 Å². The van der Waals surface area contributed by atoms with Gasteiger partial charge in [-0.15, -0.1) is 6.58 Å². The molecule has 0 radical (unpaired) electrons. The number of carbonyl (C=O) groups is 1. The van der Waals surface area contributed by atoms with Crippen LogP contribution in [0.25, 0.3) is 0 Å². The average molecular weight is 234 g/mol. The van der Waals surface area contributed by atoms with Crippen LogP contribution in [0, 0.1) is 22.7 Å². The molecule has 2 saturated carbocycles. The third-order valence-electron chi connectivity index (χ3n) is 6.45. The molecule has 2 aliphatic carbocycles. The standard InChI is InChI=1S/C15H22O2/c1-5-7-15-11(9-12(16)17-15)10-6-8-14(15,4)13(10,2)3/h5,10-11H,1,6-9H2,2-4H3/t10-,11+,14-,15+/m1/s1. The van der Waals surface area contributed by atoms with Gasteiger partial charge in [0.25, 0.3) is 0 Å². The average Bonchev–Trinajstić information content (AvgIpc) is 2.71. The monoisotopic (exact) mass is 234 g/mol. The molecular formula is C15H22O2. The highest BCUT2D eigenvalue weighted by molar-refractivity contribution is 5.74. The summed E-state index contributed by atoms with van der Waals surface area (Å²) < 4.78 is 5.88. The molecule has 2 bridgehead atoms. The van der Waals surface area contributed by atoms with Crippen LogP contribution in [0.4, 0.5) is 0 Å². The first kappa shape index (κ1) is 11.3. The van der Waals surface area contributed by atoms with Crippen molar-refractivity contribution in [3.05, 3.63) is 12.7 Å². The van der Waals surface area contributed by atoms with E-state index in [1.165, 1.54) is 12.8 Å². The van der Waals surface area contributed by atoms with Crippen LogP contribution in [0.5, 0.6) is 0 Å². The molecular weight excluding hydrogens is 212 g/mol. The third kappa shape index (κ3) is 0.974. The predicted octanol–water partition coefficient (Wildman–Crippen LogP) is 3.32. The van der Waals surface area contributed by atoms with Crippen LogP contribution in [0.1, 0.15) is 46.5 Å². The molecule has 2 heteroatoms. The van der Waals surface area contributed by atoms with Crippen molar-refractivity contribution < 1.29 is 9.53 Å². The van der Waals surface area contributed by atoms with E-state index in [-0.39, 0.29) is 22.4 Å². The molecule has 0 aromatic carbocycles. The van der Waals surface area contributed by atoms with E-state index in [1.54, 1.807) is 0 Å². The highest BCUT2D eigenvalue weighted by Gasteiger charge is 2.76. The van der Waals surface area contributed by atoms with Gasteiger partial charge in [0.15, 0.2) is 0 Å². The zero-order valence-corrected chi connectivity index (χ0v) is 11.1. The lowest BCUT2D eigenvalue weighted by Crippen LogP contribution is -2.50. The molecule has 94 valence electrons. The SMILES string of the molecule is C=CC[C@]12OC(=O)C[C@H]1[C@H]1CC[C@]2(C)C1(C)C. The molecule has 3 aliphatic rings. The first-order valence-corrected chi connectivity index (χ1v) is 6.72. The minimum absolute atomic E-state index is 0.00507. The van der Waals surface area contributed by atoms with Crippen LogP contribution in [-0.4, -0.2) is 11.6 Å². The van der Waals surface area contributed by atoms with Crippen LogP contribution in [-0.2, 0) is 9.53 Å². The molecule has 2 nitrogen and oxygen atoms in total. The normalized spacial score (nSPS) is 50.2. The van der Waals surface area contributed by atoms with Gasteiger partial charge in [-0.1, -0.05) is 26.8 Å². The zero-order valence-electron chi connectivity index (χ0n) is 11.1. The molecule has 1 heterocycles. The van der Waals surface area contributed by atoms with Gasteiger partial charge < -0.3 is 4.74 Å². The number of fused-ring (bicyclic) bond motifs is 5. The Hall–Kier alpha value is -0.790. The summed E-state index contributed by atoms with van der Waals surface area (Å²) in [5.74, 6) is 1.06. The van der Waals surface area contributed by atoms with Crippen molar-refractivity contribution in [2.24, 2.45) is 22.7 Å². The fourth-order valence-corrected chi connectivity index (χ4v) is 5.28. The zero-order chi connectivity index (χ0) is 12.5. The van der Waals surface area contributed by atoms with Crippen molar-refractivity contribution in [2.75, 3.05) is 0 Å².